The lowest BCUT2D eigenvalue weighted by Crippen LogP contribution is -2.46. The van der Waals surface area contributed by atoms with E-state index in [1.165, 1.54) is 0 Å². The summed E-state index contributed by atoms with van der Waals surface area (Å²) in [5, 5.41) is 0. The third-order valence-electron chi connectivity index (χ3n) is 3.24. The van der Waals surface area contributed by atoms with Crippen molar-refractivity contribution in [3.63, 3.8) is 0 Å². The summed E-state index contributed by atoms with van der Waals surface area (Å²) in [5.74, 6) is 0.0403. The number of rotatable bonds is 2. The molecule has 2 N–H and O–H groups in total. The van der Waals surface area contributed by atoms with Crippen molar-refractivity contribution in [1.29, 1.82) is 0 Å². The van der Waals surface area contributed by atoms with Crippen molar-refractivity contribution in [2.45, 2.75) is 38.3 Å². The molecular weight excluding hydrogens is 214 g/mol. The normalized spacial score (nSPS) is 22.2. The maximum Gasteiger partial charge on any atom is 0.239 e. The van der Waals surface area contributed by atoms with Gasteiger partial charge in [0.25, 0.3) is 0 Å². The maximum absolute atomic E-state index is 12.1. The highest BCUT2D eigenvalue weighted by Crippen LogP contribution is 2.30. The van der Waals surface area contributed by atoms with Crippen molar-refractivity contribution in [3.8, 4) is 0 Å². The van der Waals surface area contributed by atoms with Crippen LogP contribution in [0.3, 0.4) is 0 Å². The van der Waals surface area contributed by atoms with Crippen LogP contribution < -0.4 is 5.73 Å². The summed E-state index contributed by atoms with van der Waals surface area (Å²) in [6.07, 6.45) is 6.82. The van der Waals surface area contributed by atoms with E-state index < -0.39 is 6.04 Å². The van der Waals surface area contributed by atoms with Gasteiger partial charge in [0.2, 0.25) is 5.91 Å². The Hall–Kier alpha value is -1.42. The molecule has 1 fully saturated rings. The zero-order valence-electron chi connectivity index (χ0n) is 10.2. The fraction of sp³-hybridized carbons (Fsp3) is 0.538. The summed E-state index contributed by atoms with van der Waals surface area (Å²) in [4.78, 5) is 18.1. The van der Waals surface area contributed by atoms with Crippen LogP contribution in [0.4, 0.5) is 0 Å². The van der Waals surface area contributed by atoms with Crippen molar-refractivity contribution < 1.29 is 4.79 Å². The van der Waals surface area contributed by atoms with Crippen molar-refractivity contribution in [3.05, 3.63) is 30.1 Å². The molecule has 0 aliphatic carbocycles. The second-order valence-electron chi connectivity index (χ2n) is 4.62. The fourth-order valence-corrected chi connectivity index (χ4v) is 2.38. The number of hydrogen-bond donors (Lipinski definition) is 1. The molecule has 0 aromatic carbocycles. The summed E-state index contributed by atoms with van der Waals surface area (Å²) in [6.45, 7) is 2.55. The molecule has 4 nitrogen and oxygen atoms in total. The predicted molar refractivity (Wildman–Crippen MR) is 66.2 cm³/mol. The van der Waals surface area contributed by atoms with E-state index in [0.29, 0.717) is 0 Å². The van der Waals surface area contributed by atoms with Gasteiger partial charge in [-0.15, -0.1) is 0 Å². The molecule has 2 heterocycles. The lowest BCUT2D eigenvalue weighted by Gasteiger charge is -2.36. The number of likely N-dealkylation sites (tertiary alicyclic amines) is 1. The zero-order chi connectivity index (χ0) is 12.3. The largest absolute Gasteiger partial charge is 0.334 e. The third-order valence-corrected chi connectivity index (χ3v) is 3.24. The molecule has 0 bridgehead atoms. The molecule has 92 valence electrons. The molecule has 1 aromatic rings. The van der Waals surface area contributed by atoms with E-state index >= 15 is 0 Å². The van der Waals surface area contributed by atoms with Crippen molar-refractivity contribution in [2.24, 2.45) is 5.73 Å². The van der Waals surface area contributed by atoms with Crippen LogP contribution >= 0.6 is 0 Å². The van der Waals surface area contributed by atoms with Gasteiger partial charge in [-0.3, -0.25) is 9.78 Å². The summed E-state index contributed by atoms with van der Waals surface area (Å²) < 4.78 is 0. The Bertz CT molecular complexity index is 378. The Morgan fingerprint density at radius 2 is 2.41 bits per heavy atom. The minimum atomic E-state index is -0.424. The average molecular weight is 233 g/mol. The second kappa shape index (κ2) is 5.27. The van der Waals surface area contributed by atoms with Gasteiger partial charge in [-0.2, -0.15) is 0 Å². The van der Waals surface area contributed by atoms with Gasteiger partial charge in [0.05, 0.1) is 12.1 Å². The summed E-state index contributed by atoms with van der Waals surface area (Å²) in [5.41, 5.74) is 6.81. The van der Waals surface area contributed by atoms with Crippen LogP contribution in [0.1, 0.15) is 37.8 Å². The number of carbonyl (C=O) groups is 1. The van der Waals surface area contributed by atoms with E-state index in [9.17, 15) is 4.79 Å². The Morgan fingerprint density at radius 3 is 3.06 bits per heavy atom. The van der Waals surface area contributed by atoms with Crippen LogP contribution in [0.2, 0.25) is 0 Å². The topological polar surface area (TPSA) is 59.2 Å². The molecule has 2 atom stereocenters. The van der Waals surface area contributed by atoms with E-state index in [4.69, 9.17) is 5.73 Å². The van der Waals surface area contributed by atoms with E-state index in [1.54, 1.807) is 13.1 Å². The number of nitrogens with two attached hydrogens (primary N) is 1. The Morgan fingerprint density at radius 1 is 1.59 bits per heavy atom. The standard InChI is InChI=1S/C13H19N3O/c1-10(14)13(17)16-8-3-2-6-12(16)11-5-4-7-15-9-11/h4-5,7,9-10,12H,2-3,6,8,14H2,1H3/t10-,12+/m0/s1. The minimum absolute atomic E-state index is 0.0403. The number of nitrogens with zero attached hydrogens (tertiary/aromatic N) is 2. The molecule has 1 amide bonds. The number of aromatic nitrogens is 1. The van der Waals surface area contributed by atoms with Crippen LogP contribution in [0.25, 0.3) is 0 Å². The maximum atomic E-state index is 12.1. The Kier molecular flexibility index (Phi) is 3.74. The van der Waals surface area contributed by atoms with E-state index in [-0.39, 0.29) is 11.9 Å². The molecule has 1 aliphatic heterocycles. The molecular formula is C13H19N3O. The zero-order valence-corrected chi connectivity index (χ0v) is 10.2. The molecule has 0 spiro atoms. The van der Waals surface area contributed by atoms with Gasteiger partial charge in [0.15, 0.2) is 0 Å². The number of pyridine rings is 1. The van der Waals surface area contributed by atoms with Crippen LogP contribution in [-0.2, 0) is 4.79 Å². The van der Waals surface area contributed by atoms with Gasteiger partial charge in [-0.05, 0) is 37.8 Å². The van der Waals surface area contributed by atoms with Crippen LogP contribution in [0.5, 0.6) is 0 Å². The highest BCUT2D eigenvalue weighted by atomic mass is 16.2. The monoisotopic (exact) mass is 233 g/mol. The molecule has 4 heteroatoms. The summed E-state index contributed by atoms with van der Waals surface area (Å²) in [6, 6.07) is 3.67. The summed E-state index contributed by atoms with van der Waals surface area (Å²) in [7, 11) is 0. The Labute approximate surface area is 102 Å². The molecule has 0 unspecified atom stereocenters. The van der Waals surface area contributed by atoms with E-state index in [1.807, 2.05) is 23.2 Å². The predicted octanol–water partition coefficient (Wildman–Crippen LogP) is 1.48. The van der Waals surface area contributed by atoms with E-state index in [0.717, 1.165) is 31.4 Å². The molecule has 1 aromatic heterocycles. The summed E-state index contributed by atoms with van der Waals surface area (Å²) >= 11 is 0. The fourth-order valence-electron chi connectivity index (χ4n) is 2.38. The SMILES string of the molecule is C[C@H](N)C(=O)N1CCCC[C@@H]1c1cccnc1. The lowest BCUT2D eigenvalue weighted by molar-refractivity contribution is -0.136. The first-order chi connectivity index (χ1) is 8.20. The molecule has 1 aliphatic rings. The smallest absolute Gasteiger partial charge is 0.239 e. The van der Waals surface area contributed by atoms with Crippen LogP contribution in [0, 0.1) is 0 Å². The van der Waals surface area contributed by atoms with Crippen molar-refractivity contribution >= 4 is 5.91 Å². The minimum Gasteiger partial charge on any atom is -0.334 e. The first-order valence-corrected chi connectivity index (χ1v) is 6.16. The van der Waals surface area contributed by atoms with E-state index in [2.05, 4.69) is 4.98 Å². The number of piperidine rings is 1. The van der Waals surface area contributed by atoms with Crippen molar-refractivity contribution in [1.82, 2.24) is 9.88 Å². The number of hydrogen-bond acceptors (Lipinski definition) is 3. The van der Waals surface area contributed by atoms with Gasteiger partial charge in [0.1, 0.15) is 0 Å². The molecule has 1 saturated heterocycles. The number of amides is 1. The second-order valence-corrected chi connectivity index (χ2v) is 4.62. The quantitative estimate of drug-likeness (QED) is 0.841. The van der Waals surface area contributed by atoms with Crippen LogP contribution in [0.15, 0.2) is 24.5 Å². The van der Waals surface area contributed by atoms with Gasteiger partial charge in [0, 0.05) is 18.9 Å². The van der Waals surface area contributed by atoms with Gasteiger partial charge in [-0.25, -0.2) is 0 Å². The Balaban J connectivity index is 2.21. The highest BCUT2D eigenvalue weighted by molar-refractivity contribution is 5.81. The molecule has 17 heavy (non-hydrogen) atoms. The first kappa shape index (κ1) is 12.0. The highest BCUT2D eigenvalue weighted by Gasteiger charge is 2.29. The van der Waals surface area contributed by atoms with Crippen LogP contribution in [-0.4, -0.2) is 28.4 Å². The third kappa shape index (κ3) is 2.64. The lowest BCUT2D eigenvalue weighted by atomic mass is 9.96. The van der Waals surface area contributed by atoms with Gasteiger partial charge >= 0.3 is 0 Å². The number of carbonyl (C=O) groups excluding carboxylic acids is 1. The molecule has 0 radical (unpaired) electrons. The average Bonchev–Trinajstić information content (AvgIpc) is 2.39. The molecule has 0 saturated carbocycles. The van der Waals surface area contributed by atoms with Gasteiger partial charge < -0.3 is 10.6 Å². The van der Waals surface area contributed by atoms with Gasteiger partial charge in [-0.1, -0.05) is 6.07 Å². The van der Waals surface area contributed by atoms with Crippen molar-refractivity contribution in [2.75, 3.05) is 6.54 Å². The molecule has 2 rings (SSSR count). The first-order valence-electron chi connectivity index (χ1n) is 6.16.